The van der Waals surface area contributed by atoms with Gasteiger partial charge in [0.1, 0.15) is 0 Å². The molecular formula is C16H26N2. The third-order valence-electron chi connectivity index (χ3n) is 3.97. The number of aryl methyl sites for hydroxylation is 2. The highest BCUT2D eigenvalue weighted by Gasteiger charge is 2.17. The van der Waals surface area contributed by atoms with Gasteiger partial charge in [-0.15, -0.1) is 0 Å². The first-order chi connectivity index (χ1) is 8.79. The summed E-state index contributed by atoms with van der Waals surface area (Å²) in [6.45, 7) is 5.70. The fourth-order valence-electron chi connectivity index (χ4n) is 2.68. The van der Waals surface area contributed by atoms with Crippen LogP contribution in [0.25, 0.3) is 0 Å². The van der Waals surface area contributed by atoms with E-state index in [1.807, 2.05) is 0 Å². The van der Waals surface area contributed by atoms with Gasteiger partial charge >= 0.3 is 0 Å². The normalized spacial score (nSPS) is 21.1. The van der Waals surface area contributed by atoms with Gasteiger partial charge in [0, 0.05) is 25.7 Å². The fraction of sp³-hybridized carbons (Fsp3) is 0.625. The molecule has 1 aromatic rings. The molecule has 1 heterocycles. The van der Waals surface area contributed by atoms with Crippen LogP contribution in [0.4, 0.5) is 0 Å². The van der Waals surface area contributed by atoms with Crippen LogP contribution in [0.3, 0.4) is 0 Å². The number of hydrogen-bond donors (Lipinski definition) is 1. The molecule has 0 radical (unpaired) electrons. The van der Waals surface area contributed by atoms with Crippen LogP contribution < -0.4 is 5.32 Å². The van der Waals surface area contributed by atoms with Crippen molar-refractivity contribution in [3.05, 3.63) is 35.4 Å². The van der Waals surface area contributed by atoms with Gasteiger partial charge in [-0.3, -0.25) is 0 Å². The summed E-state index contributed by atoms with van der Waals surface area (Å²) in [6, 6.07) is 9.90. The minimum absolute atomic E-state index is 0.703. The quantitative estimate of drug-likeness (QED) is 0.858. The lowest BCUT2D eigenvalue weighted by atomic mass is 10.0. The molecule has 0 bridgehead atoms. The molecule has 1 fully saturated rings. The van der Waals surface area contributed by atoms with E-state index >= 15 is 0 Å². The highest BCUT2D eigenvalue weighted by atomic mass is 15.2. The van der Waals surface area contributed by atoms with E-state index in [9.17, 15) is 0 Å². The van der Waals surface area contributed by atoms with Crippen LogP contribution in [-0.4, -0.2) is 37.6 Å². The molecule has 0 spiro atoms. The summed E-state index contributed by atoms with van der Waals surface area (Å²) >= 11 is 0. The van der Waals surface area contributed by atoms with Crippen molar-refractivity contribution in [1.82, 2.24) is 10.2 Å². The standard InChI is InChI=1S/C16H26N2/c1-3-4-14-5-7-15(8-6-14)9-10-16-13-17-11-12-18(16)2/h5-8,16-17H,3-4,9-13H2,1-2H3. The summed E-state index contributed by atoms with van der Waals surface area (Å²) in [5, 5.41) is 3.49. The van der Waals surface area contributed by atoms with E-state index in [2.05, 4.69) is 48.5 Å². The summed E-state index contributed by atoms with van der Waals surface area (Å²) in [5.41, 5.74) is 2.95. The highest BCUT2D eigenvalue weighted by molar-refractivity contribution is 5.22. The molecule has 1 aromatic carbocycles. The number of nitrogens with one attached hydrogen (secondary N) is 1. The average molecular weight is 246 g/mol. The van der Waals surface area contributed by atoms with E-state index in [0.29, 0.717) is 6.04 Å². The second-order valence-electron chi connectivity index (χ2n) is 5.44. The van der Waals surface area contributed by atoms with Crippen LogP contribution in [-0.2, 0) is 12.8 Å². The Hall–Kier alpha value is -0.860. The van der Waals surface area contributed by atoms with E-state index < -0.39 is 0 Å². The van der Waals surface area contributed by atoms with E-state index in [1.54, 1.807) is 0 Å². The third kappa shape index (κ3) is 3.82. The van der Waals surface area contributed by atoms with Crippen molar-refractivity contribution in [2.75, 3.05) is 26.7 Å². The number of rotatable bonds is 5. The molecule has 1 N–H and O–H groups in total. The van der Waals surface area contributed by atoms with Gasteiger partial charge in [-0.05, 0) is 37.4 Å². The van der Waals surface area contributed by atoms with Crippen LogP contribution >= 0.6 is 0 Å². The van der Waals surface area contributed by atoms with Gasteiger partial charge in [0.05, 0.1) is 0 Å². The SMILES string of the molecule is CCCc1ccc(CCC2CNCCN2C)cc1. The van der Waals surface area contributed by atoms with Crippen LogP contribution in [0.5, 0.6) is 0 Å². The average Bonchev–Trinajstić information content (AvgIpc) is 2.40. The Morgan fingerprint density at radius 3 is 2.44 bits per heavy atom. The van der Waals surface area contributed by atoms with Gasteiger partial charge in [0.25, 0.3) is 0 Å². The van der Waals surface area contributed by atoms with E-state index in [4.69, 9.17) is 0 Å². The second-order valence-corrected chi connectivity index (χ2v) is 5.44. The predicted molar refractivity (Wildman–Crippen MR) is 78.0 cm³/mol. The van der Waals surface area contributed by atoms with Gasteiger partial charge in [-0.1, -0.05) is 37.6 Å². The Labute approximate surface area is 111 Å². The highest BCUT2D eigenvalue weighted by Crippen LogP contribution is 2.12. The molecule has 0 aliphatic carbocycles. The molecule has 18 heavy (non-hydrogen) atoms. The van der Waals surface area contributed by atoms with Crippen molar-refractivity contribution in [3.8, 4) is 0 Å². The Bertz CT molecular complexity index is 345. The van der Waals surface area contributed by atoms with Crippen LogP contribution in [0.1, 0.15) is 30.9 Å². The van der Waals surface area contributed by atoms with E-state index in [-0.39, 0.29) is 0 Å². The van der Waals surface area contributed by atoms with Crippen LogP contribution in [0.15, 0.2) is 24.3 Å². The molecule has 2 nitrogen and oxygen atoms in total. The Kier molecular flexibility index (Phi) is 5.21. The molecular weight excluding hydrogens is 220 g/mol. The number of nitrogens with zero attached hydrogens (tertiary/aromatic N) is 1. The molecule has 1 aliphatic rings. The lowest BCUT2D eigenvalue weighted by molar-refractivity contribution is 0.191. The lowest BCUT2D eigenvalue weighted by Crippen LogP contribution is -2.49. The number of hydrogen-bond acceptors (Lipinski definition) is 2. The summed E-state index contributed by atoms with van der Waals surface area (Å²) < 4.78 is 0. The maximum absolute atomic E-state index is 3.49. The summed E-state index contributed by atoms with van der Waals surface area (Å²) in [5.74, 6) is 0. The zero-order valence-electron chi connectivity index (χ0n) is 11.8. The molecule has 0 amide bonds. The number of benzene rings is 1. The fourth-order valence-corrected chi connectivity index (χ4v) is 2.68. The molecule has 2 heteroatoms. The minimum Gasteiger partial charge on any atom is -0.314 e. The van der Waals surface area contributed by atoms with Crippen LogP contribution in [0.2, 0.25) is 0 Å². The molecule has 2 rings (SSSR count). The van der Waals surface area contributed by atoms with E-state index in [0.717, 1.165) is 13.1 Å². The van der Waals surface area contributed by atoms with Gasteiger partial charge in [0.15, 0.2) is 0 Å². The maximum atomic E-state index is 3.49. The van der Waals surface area contributed by atoms with Crippen molar-refractivity contribution in [3.63, 3.8) is 0 Å². The van der Waals surface area contributed by atoms with Gasteiger partial charge in [0.2, 0.25) is 0 Å². The zero-order valence-corrected chi connectivity index (χ0v) is 11.8. The lowest BCUT2D eigenvalue weighted by Gasteiger charge is -2.33. The molecule has 0 aromatic heterocycles. The minimum atomic E-state index is 0.703. The van der Waals surface area contributed by atoms with Crippen molar-refractivity contribution in [2.45, 2.75) is 38.6 Å². The van der Waals surface area contributed by atoms with Crippen molar-refractivity contribution >= 4 is 0 Å². The zero-order chi connectivity index (χ0) is 12.8. The third-order valence-corrected chi connectivity index (χ3v) is 3.97. The van der Waals surface area contributed by atoms with Crippen molar-refractivity contribution in [1.29, 1.82) is 0 Å². The van der Waals surface area contributed by atoms with E-state index in [1.165, 1.54) is 43.4 Å². The summed E-state index contributed by atoms with van der Waals surface area (Å²) in [4.78, 5) is 2.49. The Morgan fingerprint density at radius 1 is 1.17 bits per heavy atom. The van der Waals surface area contributed by atoms with Crippen LogP contribution in [0, 0.1) is 0 Å². The topological polar surface area (TPSA) is 15.3 Å². The number of piperazine rings is 1. The van der Waals surface area contributed by atoms with Crippen molar-refractivity contribution < 1.29 is 0 Å². The second kappa shape index (κ2) is 6.91. The summed E-state index contributed by atoms with van der Waals surface area (Å²) in [6.07, 6.45) is 4.90. The van der Waals surface area contributed by atoms with Crippen molar-refractivity contribution in [2.24, 2.45) is 0 Å². The smallest absolute Gasteiger partial charge is 0.0221 e. The largest absolute Gasteiger partial charge is 0.314 e. The molecule has 1 atom stereocenters. The Balaban J connectivity index is 1.82. The Morgan fingerprint density at radius 2 is 1.83 bits per heavy atom. The molecule has 1 saturated heterocycles. The first-order valence-corrected chi connectivity index (χ1v) is 7.28. The van der Waals surface area contributed by atoms with Gasteiger partial charge < -0.3 is 10.2 Å². The van der Waals surface area contributed by atoms with Gasteiger partial charge in [-0.2, -0.15) is 0 Å². The molecule has 1 aliphatic heterocycles. The molecule has 100 valence electrons. The monoisotopic (exact) mass is 246 g/mol. The molecule has 1 unspecified atom stereocenters. The summed E-state index contributed by atoms with van der Waals surface area (Å²) in [7, 11) is 2.25. The predicted octanol–water partition coefficient (Wildman–Crippen LogP) is 2.48. The maximum Gasteiger partial charge on any atom is 0.0221 e. The van der Waals surface area contributed by atoms with Gasteiger partial charge in [-0.25, -0.2) is 0 Å². The molecule has 0 saturated carbocycles. The first kappa shape index (κ1) is 13.6. The first-order valence-electron chi connectivity index (χ1n) is 7.28. The number of likely N-dealkylation sites (N-methyl/N-ethyl adjacent to an activating group) is 1.